The van der Waals surface area contributed by atoms with Gasteiger partial charge in [-0.3, -0.25) is 9.59 Å². The van der Waals surface area contributed by atoms with Gasteiger partial charge in [-0.1, -0.05) is 13.0 Å². The monoisotopic (exact) mass is 347 g/mol. The highest BCUT2D eigenvalue weighted by atomic mass is 16.5. The maximum absolute atomic E-state index is 12.3. The third-order valence-electron chi connectivity index (χ3n) is 4.63. The molecule has 2 atom stereocenters. The van der Waals surface area contributed by atoms with Crippen molar-refractivity contribution in [1.82, 2.24) is 10.2 Å². The SMILES string of the molecule is CC(CC(=O)Nc1cccc(OCC(=O)N(C)C)c1)C1CCCNC1. The summed E-state index contributed by atoms with van der Waals surface area (Å²) in [6.45, 7) is 4.20. The van der Waals surface area contributed by atoms with Gasteiger partial charge >= 0.3 is 0 Å². The second-order valence-electron chi connectivity index (χ2n) is 6.94. The third-order valence-corrected chi connectivity index (χ3v) is 4.63. The summed E-state index contributed by atoms with van der Waals surface area (Å²) >= 11 is 0. The Hall–Kier alpha value is -2.08. The number of nitrogens with one attached hydrogen (secondary N) is 2. The van der Waals surface area contributed by atoms with Gasteiger partial charge in [-0.05, 0) is 49.9 Å². The van der Waals surface area contributed by atoms with E-state index in [-0.39, 0.29) is 18.4 Å². The Kier molecular flexibility index (Phi) is 7.25. The summed E-state index contributed by atoms with van der Waals surface area (Å²) in [6, 6.07) is 7.15. The van der Waals surface area contributed by atoms with Gasteiger partial charge in [0.2, 0.25) is 5.91 Å². The van der Waals surface area contributed by atoms with Crippen molar-refractivity contribution >= 4 is 17.5 Å². The molecule has 0 bridgehead atoms. The van der Waals surface area contributed by atoms with Crippen molar-refractivity contribution in [3.63, 3.8) is 0 Å². The number of carbonyl (C=O) groups is 2. The van der Waals surface area contributed by atoms with E-state index >= 15 is 0 Å². The van der Waals surface area contributed by atoms with Gasteiger partial charge in [0.25, 0.3) is 5.91 Å². The molecule has 2 rings (SSSR count). The topological polar surface area (TPSA) is 70.7 Å². The molecule has 6 heteroatoms. The summed E-state index contributed by atoms with van der Waals surface area (Å²) in [7, 11) is 3.37. The number of hydrogen-bond donors (Lipinski definition) is 2. The Morgan fingerprint density at radius 1 is 1.40 bits per heavy atom. The molecule has 0 aliphatic carbocycles. The minimum atomic E-state index is -0.107. The van der Waals surface area contributed by atoms with Crippen molar-refractivity contribution in [3.05, 3.63) is 24.3 Å². The lowest BCUT2D eigenvalue weighted by Gasteiger charge is -2.28. The number of nitrogens with zero attached hydrogens (tertiary/aromatic N) is 1. The molecule has 1 heterocycles. The number of rotatable bonds is 7. The summed E-state index contributed by atoms with van der Waals surface area (Å²) in [5.74, 6) is 1.39. The molecule has 0 saturated carbocycles. The van der Waals surface area contributed by atoms with E-state index in [1.807, 2.05) is 6.07 Å². The van der Waals surface area contributed by atoms with E-state index in [0.717, 1.165) is 13.1 Å². The van der Waals surface area contributed by atoms with Crippen LogP contribution in [0.5, 0.6) is 5.75 Å². The molecule has 2 amide bonds. The first kappa shape index (κ1) is 19.2. The highest BCUT2D eigenvalue weighted by Crippen LogP contribution is 2.23. The normalized spacial score (nSPS) is 18.3. The van der Waals surface area contributed by atoms with Gasteiger partial charge in [-0.25, -0.2) is 0 Å². The molecule has 0 radical (unpaired) electrons. The molecule has 1 aromatic rings. The maximum Gasteiger partial charge on any atom is 0.259 e. The van der Waals surface area contributed by atoms with Crippen LogP contribution in [0.1, 0.15) is 26.2 Å². The fourth-order valence-corrected chi connectivity index (χ4v) is 2.97. The van der Waals surface area contributed by atoms with Gasteiger partial charge in [-0.2, -0.15) is 0 Å². The lowest BCUT2D eigenvalue weighted by Crippen LogP contribution is -2.34. The molecule has 2 unspecified atom stereocenters. The average Bonchev–Trinajstić information content (AvgIpc) is 2.60. The molecular weight excluding hydrogens is 318 g/mol. The number of piperidine rings is 1. The first-order valence-electron chi connectivity index (χ1n) is 8.89. The van der Waals surface area contributed by atoms with Gasteiger partial charge in [-0.15, -0.1) is 0 Å². The smallest absolute Gasteiger partial charge is 0.259 e. The summed E-state index contributed by atoms with van der Waals surface area (Å²) < 4.78 is 5.48. The van der Waals surface area contributed by atoms with E-state index in [0.29, 0.717) is 29.7 Å². The molecule has 0 aromatic heterocycles. The number of amides is 2. The van der Waals surface area contributed by atoms with Crippen molar-refractivity contribution in [1.29, 1.82) is 0 Å². The van der Waals surface area contributed by atoms with E-state index in [1.54, 1.807) is 32.3 Å². The van der Waals surface area contributed by atoms with Crippen LogP contribution < -0.4 is 15.4 Å². The lowest BCUT2D eigenvalue weighted by atomic mass is 9.85. The number of likely N-dealkylation sites (N-methyl/N-ethyl adjacent to an activating group) is 1. The first-order chi connectivity index (χ1) is 12.0. The summed E-state index contributed by atoms with van der Waals surface area (Å²) in [5.41, 5.74) is 0.689. The second-order valence-corrected chi connectivity index (χ2v) is 6.94. The highest BCUT2D eigenvalue weighted by molar-refractivity contribution is 5.91. The molecule has 1 aliphatic heterocycles. The molecule has 1 fully saturated rings. The van der Waals surface area contributed by atoms with Crippen molar-refractivity contribution in [3.8, 4) is 5.75 Å². The molecular formula is C19H29N3O3. The molecule has 1 aromatic carbocycles. The van der Waals surface area contributed by atoms with Crippen LogP contribution >= 0.6 is 0 Å². The zero-order valence-electron chi connectivity index (χ0n) is 15.4. The fourth-order valence-electron chi connectivity index (χ4n) is 2.97. The van der Waals surface area contributed by atoms with Crippen LogP contribution in [-0.2, 0) is 9.59 Å². The van der Waals surface area contributed by atoms with E-state index in [1.165, 1.54) is 17.7 Å². The predicted molar refractivity (Wildman–Crippen MR) is 98.6 cm³/mol. The minimum Gasteiger partial charge on any atom is -0.484 e. The Morgan fingerprint density at radius 3 is 2.88 bits per heavy atom. The largest absolute Gasteiger partial charge is 0.484 e. The zero-order chi connectivity index (χ0) is 18.2. The molecule has 6 nitrogen and oxygen atoms in total. The van der Waals surface area contributed by atoms with Gasteiger partial charge in [0.15, 0.2) is 6.61 Å². The first-order valence-corrected chi connectivity index (χ1v) is 8.89. The van der Waals surface area contributed by atoms with Crippen LogP contribution in [-0.4, -0.2) is 50.5 Å². The Labute approximate surface area is 149 Å². The van der Waals surface area contributed by atoms with Crippen LogP contribution in [0.2, 0.25) is 0 Å². The Bertz CT molecular complexity index is 583. The van der Waals surface area contributed by atoms with Crippen LogP contribution in [0.4, 0.5) is 5.69 Å². The number of hydrogen-bond acceptors (Lipinski definition) is 4. The van der Waals surface area contributed by atoms with E-state index in [4.69, 9.17) is 4.74 Å². The molecule has 138 valence electrons. The van der Waals surface area contributed by atoms with E-state index in [9.17, 15) is 9.59 Å². The van der Waals surface area contributed by atoms with Crippen LogP contribution in [0.15, 0.2) is 24.3 Å². The number of anilines is 1. The molecule has 0 spiro atoms. The highest BCUT2D eigenvalue weighted by Gasteiger charge is 2.22. The Balaban J connectivity index is 1.83. The molecule has 1 saturated heterocycles. The molecule has 1 aliphatic rings. The van der Waals surface area contributed by atoms with Crippen LogP contribution in [0.25, 0.3) is 0 Å². The summed E-state index contributed by atoms with van der Waals surface area (Å²) in [4.78, 5) is 25.4. The summed E-state index contributed by atoms with van der Waals surface area (Å²) in [6.07, 6.45) is 2.88. The van der Waals surface area contributed by atoms with Crippen molar-refractivity contribution < 1.29 is 14.3 Å². The minimum absolute atomic E-state index is 0.0135. The molecule has 25 heavy (non-hydrogen) atoms. The van der Waals surface area contributed by atoms with Crippen molar-refractivity contribution in [2.45, 2.75) is 26.2 Å². The Morgan fingerprint density at radius 2 is 2.20 bits per heavy atom. The fraction of sp³-hybridized carbons (Fsp3) is 0.579. The lowest BCUT2D eigenvalue weighted by molar-refractivity contribution is -0.130. The van der Waals surface area contributed by atoms with Crippen LogP contribution in [0.3, 0.4) is 0 Å². The van der Waals surface area contributed by atoms with Gasteiger partial charge in [0.05, 0.1) is 0 Å². The van der Waals surface area contributed by atoms with Crippen LogP contribution in [0, 0.1) is 11.8 Å². The standard InChI is InChI=1S/C19H29N3O3/c1-14(15-6-5-9-20-12-15)10-18(23)21-16-7-4-8-17(11-16)25-13-19(24)22(2)3/h4,7-8,11,14-15,20H,5-6,9-10,12-13H2,1-3H3,(H,21,23). The van der Waals surface area contributed by atoms with Crippen molar-refractivity contribution in [2.75, 3.05) is 39.1 Å². The van der Waals surface area contributed by atoms with Crippen molar-refractivity contribution in [2.24, 2.45) is 11.8 Å². The maximum atomic E-state index is 12.3. The predicted octanol–water partition coefficient (Wildman–Crippen LogP) is 2.12. The third kappa shape index (κ3) is 6.38. The quantitative estimate of drug-likeness (QED) is 0.793. The van der Waals surface area contributed by atoms with E-state index in [2.05, 4.69) is 17.6 Å². The summed E-state index contributed by atoms with van der Waals surface area (Å²) in [5, 5.41) is 6.33. The zero-order valence-corrected chi connectivity index (χ0v) is 15.4. The second kappa shape index (κ2) is 9.42. The molecule has 2 N–H and O–H groups in total. The number of ether oxygens (including phenoxy) is 1. The number of benzene rings is 1. The van der Waals surface area contributed by atoms with Gasteiger partial charge in [0.1, 0.15) is 5.75 Å². The van der Waals surface area contributed by atoms with E-state index < -0.39 is 0 Å². The van der Waals surface area contributed by atoms with Gasteiger partial charge in [0, 0.05) is 32.3 Å². The number of carbonyl (C=O) groups excluding carboxylic acids is 2. The van der Waals surface area contributed by atoms with Gasteiger partial charge < -0.3 is 20.3 Å². The average molecular weight is 347 g/mol.